The largest absolute Gasteiger partial charge is 0.328 e. The van der Waals surface area contributed by atoms with Gasteiger partial charge in [-0.25, -0.2) is 4.98 Å². The predicted molar refractivity (Wildman–Crippen MR) is 94.0 cm³/mol. The number of nitrogens with one attached hydrogen (secondary N) is 2. The molecule has 1 saturated carbocycles. The summed E-state index contributed by atoms with van der Waals surface area (Å²) in [7, 11) is 0. The summed E-state index contributed by atoms with van der Waals surface area (Å²) in [6.45, 7) is 1.48. The van der Waals surface area contributed by atoms with E-state index in [4.69, 9.17) is 0 Å². The van der Waals surface area contributed by atoms with Gasteiger partial charge in [-0.3, -0.25) is 10.1 Å². The number of amides is 1. The van der Waals surface area contributed by atoms with Gasteiger partial charge < -0.3 is 4.98 Å². The molecule has 0 radical (unpaired) electrons. The van der Waals surface area contributed by atoms with Gasteiger partial charge in [-0.15, -0.1) is 0 Å². The van der Waals surface area contributed by atoms with Crippen LogP contribution in [0.25, 0.3) is 0 Å². The standard InChI is InChI=1S/C20H19N3O/c1-13(24)22-20-21-12-16(23-20)19-17(14-8-4-2-5-9-14)18(19)15-10-6-3-7-11-15/h2-12,17-19H,1H3,(H2,21,22,23,24)/t17-,18+,19+. The third-order valence-corrected chi connectivity index (χ3v) is 4.64. The predicted octanol–water partition coefficient (Wildman–Crippen LogP) is 4.03. The molecule has 120 valence electrons. The van der Waals surface area contributed by atoms with E-state index >= 15 is 0 Å². The summed E-state index contributed by atoms with van der Waals surface area (Å²) in [6.07, 6.45) is 1.84. The summed E-state index contributed by atoms with van der Waals surface area (Å²) in [5.41, 5.74) is 3.75. The van der Waals surface area contributed by atoms with E-state index in [9.17, 15) is 4.79 Å². The molecule has 3 aromatic rings. The average molecular weight is 317 g/mol. The van der Waals surface area contributed by atoms with E-state index in [0.29, 0.717) is 23.7 Å². The van der Waals surface area contributed by atoms with E-state index in [1.54, 1.807) is 0 Å². The minimum absolute atomic E-state index is 0.120. The van der Waals surface area contributed by atoms with Gasteiger partial charge in [-0.1, -0.05) is 60.7 Å². The SMILES string of the molecule is CC(=O)Nc1ncc([C@H]2[C@H](c3ccccc3)[C@@H]2c2ccccc2)[nH]1. The molecule has 2 N–H and O–H groups in total. The molecular formula is C20H19N3O. The van der Waals surface area contributed by atoms with Gasteiger partial charge in [0.1, 0.15) is 0 Å². The fourth-order valence-electron chi connectivity index (χ4n) is 3.61. The Balaban J connectivity index is 1.67. The number of aromatic amines is 1. The van der Waals surface area contributed by atoms with Crippen LogP contribution >= 0.6 is 0 Å². The first-order chi connectivity index (χ1) is 11.7. The third kappa shape index (κ3) is 2.71. The van der Waals surface area contributed by atoms with Crippen LogP contribution in [0.1, 0.15) is 41.5 Å². The molecule has 4 heteroatoms. The Labute approximate surface area is 141 Å². The number of aromatic nitrogens is 2. The second-order valence-electron chi connectivity index (χ2n) is 6.27. The van der Waals surface area contributed by atoms with Crippen molar-refractivity contribution in [2.45, 2.75) is 24.7 Å². The number of hydrogen-bond donors (Lipinski definition) is 2. The highest BCUT2D eigenvalue weighted by Crippen LogP contribution is 2.65. The number of benzene rings is 2. The molecule has 1 heterocycles. The summed E-state index contributed by atoms with van der Waals surface area (Å²) < 4.78 is 0. The summed E-state index contributed by atoms with van der Waals surface area (Å²) >= 11 is 0. The molecule has 24 heavy (non-hydrogen) atoms. The van der Waals surface area contributed by atoms with Crippen LogP contribution in [0.4, 0.5) is 5.95 Å². The van der Waals surface area contributed by atoms with E-state index < -0.39 is 0 Å². The van der Waals surface area contributed by atoms with Gasteiger partial charge in [0.05, 0.1) is 6.20 Å². The Morgan fingerprint density at radius 1 is 0.917 bits per heavy atom. The van der Waals surface area contributed by atoms with Crippen LogP contribution in [0.3, 0.4) is 0 Å². The number of rotatable bonds is 4. The first kappa shape index (κ1) is 14.7. The number of hydrogen-bond acceptors (Lipinski definition) is 2. The number of imidazole rings is 1. The van der Waals surface area contributed by atoms with Crippen LogP contribution in [-0.4, -0.2) is 15.9 Å². The van der Waals surface area contributed by atoms with Crippen molar-refractivity contribution >= 4 is 11.9 Å². The van der Waals surface area contributed by atoms with Crippen molar-refractivity contribution in [3.05, 3.63) is 83.7 Å². The van der Waals surface area contributed by atoms with E-state index in [-0.39, 0.29) is 5.91 Å². The zero-order valence-corrected chi connectivity index (χ0v) is 13.4. The normalized spacial score (nSPS) is 22.1. The third-order valence-electron chi connectivity index (χ3n) is 4.64. The van der Waals surface area contributed by atoms with Crippen LogP contribution in [-0.2, 0) is 4.79 Å². The fraction of sp³-hybridized carbons (Fsp3) is 0.200. The Morgan fingerprint density at radius 3 is 1.96 bits per heavy atom. The lowest BCUT2D eigenvalue weighted by Gasteiger charge is -2.00. The molecule has 1 aromatic heterocycles. The number of nitrogens with zero attached hydrogens (tertiary/aromatic N) is 1. The topological polar surface area (TPSA) is 57.8 Å². The summed E-state index contributed by atoms with van der Waals surface area (Å²) in [6, 6.07) is 21.2. The van der Waals surface area contributed by atoms with E-state index in [1.165, 1.54) is 18.1 Å². The van der Waals surface area contributed by atoms with Crippen molar-refractivity contribution in [1.82, 2.24) is 9.97 Å². The second kappa shape index (κ2) is 5.96. The van der Waals surface area contributed by atoms with Gasteiger partial charge in [0.25, 0.3) is 0 Å². The number of anilines is 1. The van der Waals surface area contributed by atoms with Crippen LogP contribution in [0.2, 0.25) is 0 Å². The molecule has 0 saturated heterocycles. The quantitative estimate of drug-likeness (QED) is 0.763. The van der Waals surface area contributed by atoms with Crippen molar-refractivity contribution in [3.8, 4) is 0 Å². The molecule has 3 atom stereocenters. The Bertz CT molecular complexity index is 796. The van der Waals surface area contributed by atoms with Crippen molar-refractivity contribution in [2.24, 2.45) is 0 Å². The van der Waals surface area contributed by atoms with Gasteiger partial charge in [-0.2, -0.15) is 0 Å². The highest BCUT2D eigenvalue weighted by atomic mass is 16.1. The fourth-order valence-corrected chi connectivity index (χ4v) is 3.61. The molecule has 4 nitrogen and oxygen atoms in total. The lowest BCUT2D eigenvalue weighted by molar-refractivity contribution is -0.114. The van der Waals surface area contributed by atoms with E-state index in [2.05, 4.69) is 63.8 Å². The molecule has 4 rings (SSSR count). The summed E-state index contributed by atoms with van der Waals surface area (Å²) in [5.74, 6) is 1.61. The van der Waals surface area contributed by atoms with Crippen molar-refractivity contribution in [2.75, 3.05) is 5.32 Å². The zero-order valence-electron chi connectivity index (χ0n) is 13.4. The minimum atomic E-state index is -0.120. The maximum absolute atomic E-state index is 11.2. The first-order valence-electron chi connectivity index (χ1n) is 8.16. The Kier molecular flexibility index (Phi) is 3.65. The van der Waals surface area contributed by atoms with Crippen molar-refractivity contribution in [1.29, 1.82) is 0 Å². The molecule has 0 unspecified atom stereocenters. The second-order valence-corrected chi connectivity index (χ2v) is 6.27. The lowest BCUT2D eigenvalue weighted by atomic mass is 10.0. The van der Waals surface area contributed by atoms with Gasteiger partial charge in [0.2, 0.25) is 11.9 Å². The Hall–Kier alpha value is -2.88. The van der Waals surface area contributed by atoms with Gasteiger partial charge >= 0.3 is 0 Å². The number of carbonyl (C=O) groups is 1. The molecule has 1 aliphatic rings. The van der Waals surface area contributed by atoms with E-state index in [1.807, 2.05) is 18.3 Å². The maximum Gasteiger partial charge on any atom is 0.223 e. The number of carbonyl (C=O) groups excluding carboxylic acids is 1. The molecule has 1 aliphatic carbocycles. The molecule has 0 bridgehead atoms. The first-order valence-corrected chi connectivity index (χ1v) is 8.16. The zero-order chi connectivity index (χ0) is 16.5. The Morgan fingerprint density at radius 2 is 1.46 bits per heavy atom. The highest BCUT2D eigenvalue weighted by Gasteiger charge is 2.53. The smallest absolute Gasteiger partial charge is 0.223 e. The minimum Gasteiger partial charge on any atom is -0.328 e. The average Bonchev–Trinajstić information content (AvgIpc) is 3.19. The number of H-pyrrole nitrogens is 1. The molecule has 2 aromatic carbocycles. The van der Waals surface area contributed by atoms with Gasteiger partial charge in [0.15, 0.2) is 0 Å². The summed E-state index contributed by atoms with van der Waals surface area (Å²) in [5, 5.41) is 2.71. The molecule has 1 amide bonds. The summed E-state index contributed by atoms with van der Waals surface area (Å²) in [4.78, 5) is 18.8. The molecular weight excluding hydrogens is 298 g/mol. The van der Waals surface area contributed by atoms with Crippen LogP contribution in [0, 0.1) is 0 Å². The van der Waals surface area contributed by atoms with E-state index in [0.717, 1.165) is 5.69 Å². The highest BCUT2D eigenvalue weighted by molar-refractivity contribution is 5.86. The van der Waals surface area contributed by atoms with Crippen molar-refractivity contribution < 1.29 is 4.79 Å². The van der Waals surface area contributed by atoms with Crippen LogP contribution in [0.15, 0.2) is 66.9 Å². The molecule has 1 fully saturated rings. The van der Waals surface area contributed by atoms with Gasteiger partial charge in [0, 0.05) is 30.4 Å². The van der Waals surface area contributed by atoms with Crippen LogP contribution < -0.4 is 5.32 Å². The lowest BCUT2D eigenvalue weighted by Crippen LogP contribution is -2.07. The van der Waals surface area contributed by atoms with Crippen molar-refractivity contribution in [3.63, 3.8) is 0 Å². The molecule has 0 spiro atoms. The van der Waals surface area contributed by atoms with Crippen LogP contribution in [0.5, 0.6) is 0 Å². The van der Waals surface area contributed by atoms with Gasteiger partial charge in [-0.05, 0) is 11.1 Å². The monoisotopic (exact) mass is 317 g/mol. The maximum atomic E-state index is 11.2. The molecule has 0 aliphatic heterocycles.